The molecular weight excluding hydrogens is 214 g/mol. The van der Waals surface area contributed by atoms with Crippen LogP contribution >= 0.6 is 0 Å². The maximum Gasteiger partial charge on any atom is 0.146 e. The van der Waals surface area contributed by atoms with Crippen LogP contribution in [0.1, 0.15) is 61.3 Å². The van der Waals surface area contributed by atoms with Crippen LogP contribution < -0.4 is 0 Å². The minimum absolute atomic E-state index is 0.0103. The lowest BCUT2D eigenvalue weighted by Gasteiger charge is -2.38. The molecule has 1 N–H and O–H groups in total. The van der Waals surface area contributed by atoms with Crippen molar-refractivity contribution in [3.8, 4) is 0 Å². The lowest BCUT2D eigenvalue weighted by atomic mass is 9.93. The molecule has 0 amide bonds. The number of hydrogen-bond donors (Lipinski definition) is 1. The number of piperidine rings is 1. The molecule has 3 nitrogen and oxygen atoms in total. The second-order valence-corrected chi connectivity index (χ2v) is 4.32. The Morgan fingerprint density at radius 1 is 1.18 bits per heavy atom. The summed E-state index contributed by atoms with van der Waals surface area (Å²) in [6.45, 7) is 15.1. The number of nitrogens with zero attached hydrogens (tertiary/aromatic N) is 1. The van der Waals surface area contributed by atoms with E-state index in [2.05, 4.69) is 4.90 Å². The van der Waals surface area contributed by atoms with E-state index in [-0.39, 0.29) is 11.8 Å². The molecule has 1 rings (SSSR count). The van der Waals surface area contributed by atoms with E-state index in [1.54, 1.807) is 6.92 Å². The van der Waals surface area contributed by atoms with Crippen molar-refractivity contribution in [3.63, 3.8) is 0 Å². The van der Waals surface area contributed by atoms with E-state index < -0.39 is 5.60 Å². The Morgan fingerprint density at radius 2 is 1.53 bits per heavy atom. The van der Waals surface area contributed by atoms with Crippen LogP contribution in [0.15, 0.2) is 0 Å². The molecular formula is C14H31NO2. The molecule has 0 saturated carbocycles. The smallest absolute Gasteiger partial charge is 0.146 e. The van der Waals surface area contributed by atoms with Crippen LogP contribution in [0.25, 0.3) is 0 Å². The quantitative estimate of drug-likeness (QED) is 0.813. The normalized spacial score (nSPS) is 20.2. The van der Waals surface area contributed by atoms with Crippen LogP contribution in [0.5, 0.6) is 0 Å². The highest BCUT2D eigenvalue weighted by Gasteiger charge is 2.30. The molecule has 0 aromatic rings. The number of likely N-dealkylation sites (tertiary alicyclic amines) is 1. The van der Waals surface area contributed by atoms with Gasteiger partial charge in [0.1, 0.15) is 5.78 Å². The maximum absolute atomic E-state index is 11.1. The van der Waals surface area contributed by atoms with E-state index in [4.69, 9.17) is 0 Å². The van der Waals surface area contributed by atoms with Gasteiger partial charge >= 0.3 is 0 Å². The minimum atomic E-state index is -0.521. The molecule has 0 aliphatic carbocycles. The Bertz CT molecular complexity index is 192. The fraction of sp³-hybridized carbons (Fsp3) is 0.929. The Morgan fingerprint density at radius 3 is 1.82 bits per heavy atom. The highest BCUT2D eigenvalue weighted by atomic mass is 16.3. The zero-order chi connectivity index (χ0) is 14.1. The van der Waals surface area contributed by atoms with Crippen LogP contribution in [-0.4, -0.2) is 40.5 Å². The summed E-state index contributed by atoms with van der Waals surface area (Å²) >= 11 is 0. The second kappa shape index (κ2) is 9.60. The van der Waals surface area contributed by atoms with E-state index in [1.807, 2.05) is 41.5 Å². The van der Waals surface area contributed by atoms with Crippen molar-refractivity contribution in [2.24, 2.45) is 0 Å². The molecule has 0 spiro atoms. The summed E-state index contributed by atoms with van der Waals surface area (Å²) in [6, 6.07) is 0.0103. The third kappa shape index (κ3) is 7.50. The summed E-state index contributed by atoms with van der Waals surface area (Å²) < 4.78 is 0. The summed E-state index contributed by atoms with van der Waals surface area (Å²) in [5.41, 5.74) is -0.521. The Balaban J connectivity index is 0. The van der Waals surface area contributed by atoms with Crippen LogP contribution in [0, 0.1) is 0 Å². The van der Waals surface area contributed by atoms with Crippen molar-refractivity contribution in [2.75, 3.05) is 13.1 Å². The zero-order valence-corrected chi connectivity index (χ0v) is 12.7. The third-order valence-corrected chi connectivity index (χ3v) is 3.01. The van der Waals surface area contributed by atoms with E-state index in [9.17, 15) is 9.90 Å². The van der Waals surface area contributed by atoms with Crippen LogP contribution in [0.3, 0.4) is 0 Å². The van der Waals surface area contributed by atoms with Crippen LogP contribution in [0.4, 0.5) is 0 Å². The molecule has 1 atom stereocenters. The number of aliphatic hydroxyl groups is 1. The van der Waals surface area contributed by atoms with Gasteiger partial charge in [-0.2, -0.15) is 0 Å². The van der Waals surface area contributed by atoms with E-state index >= 15 is 0 Å². The fourth-order valence-electron chi connectivity index (χ4n) is 1.65. The van der Waals surface area contributed by atoms with Gasteiger partial charge in [-0.3, -0.25) is 9.69 Å². The van der Waals surface area contributed by atoms with Crippen molar-refractivity contribution < 1.29 is 9.90 Å². The molecule has 1 aliphatic heterocycles. The Labute approximate surface area is 107 Å². The number of ketones is 1. The second-order valence-electron chi connectivity index (χ2n) is 4.32. The molecule has 1 fully saturated rings. The molecule has 1 saturated heterocycles. The number of hydrogen-bond acceptors (Lipinski definition) is 3. The third-order valence-electron chi connectivity index (χ3n) is 3.01. The maximum atomic E-state index is 11.1. The van der Waals surface area contributed by atoms with Gasteiger partial charge in [-0.25, -0.2) is 0 Å². The molecule has 0 radical (unpaired) electrons. The summed E-state index contributed by atoms with van der Waals surface area (Å²) in [5.74, 6) is 0.210. The average molecular weight is 245 g/mol. The lowest BCUT2D eigenvalue weighted by molar-refractivity contribution is -0.123. The summed E-state index contributed by atoms with van der Waals surface area (Å²) in [7, 11) is 0. The summed E-state index contributed by atoms with van der Waals surface area (Å²) in [5, 5.41) is 9.70. The minimum Gasteiger partial charge on any atom is -0.390 e. The highest BCUT2D eigenvalue weighted by molar-refractivity contribution is 5.80. The Hall–Kier alpha value is -0.410. The number of Topliss-reactive ketones (excluding diaryl/α,β-unsaturated/α-hetero) is 1. The Kier molecular flexibility index (Phi) is 10.7. The number of carbonyl (C=O) groups is 1. The van der Waals surface area contributed by atoms with Gasteiger partial charge < -0.3 is 5.11 Å². The largest absolute Gasteiger partial charge is 0.390 e. The molecule has 17 heavy (non-hydrogen) atoms. The summed E-state index contributed by atoms with van der Waals surface area (Å²) in [6.07, 6.45) is 1.54. The molecule has 104 valence electrons. The first-order valence-corrected chi connectivity index (χ1v) is 6.89. The number of rotatable bonds is 2. The van der Waals surface area contributed by atoms with Gasteiger partial charge in [-0.15, -0.1) is 0 Å². The van der Waals surface area contributed by atoms with Crippen LogP contribution in [-0.2, 0) is 4.79 Å². The molecule has 0 bridgehead atoms. The lowest BCUT2D eigenvalue weighted by Crippen LogP contribution is -2.48. The zero-order valence-electron chi connectivity index (χ0n) is 12.7. The van der Waals surface area contributed by atoms with E-state index in [1.165, 1.54) is 0 Å². The number of carbonyl (C=O) groups excluding carboxylic acids is 1. The molecule has 3 heteroatoms. The van der Waals surface area contributed by atoms with E-state index in [0.29, 0.717) is 0 Å². The SMILES string of the molecule is CC.CC.CC(=O)C(C)N1CCC(C)(O)CC1. The predicted molar refractivity (Wildman–Crippen MR) is 74.3 cm³/mol. The van der Waals surface area contributed by atoms with Gasteiger partial charge in [-0.05, 0) is 33.6 Å². The molecule has 1 unspecified atom stereocenters. The van der Waals surface area contributed by atoms with Gasteiger partial charge in [0.05, 0.1) is 11.6 Å². The van der Waals surface area contributed by atoms with Crippen LogP contribution in [0.2, 0.25) is 0 Å². The van der Waals surface area contributed by atoms with Crippen molar-refractivity contribution in [1.29, 1.82) is 0 Å². The molecule has 1 heterocycles. The molecule has 1 aliphatic rings. The highest BCUT2D eigenvalue weighted by Crippen LogP contribution is 2.22. The van der Waals surface area contributed by atoms with Crippen molar-refractivity contribution in [3.05, 3.63) is 0 Å². The predicted octanol–water partition coefficient (Wildman–Crippen LogP) is 2.86. The standard InChI is InChI=1S/C10H19NO2.2C2H6/c1-8(9(2)12)11-6-4-10(3,13)5-7-11;2*1-2/h8,13H,4-7H2,1-3H3;2*1-2H3. The fourth-order valence-corrected chi connectivity index (χ4v) is 1.65. The summed E-state index contributed by atoms with van der Waals surface area (Å²) in [4.78, 5) is 13.2. The van der Waals surface area contributed by atoms with Crippen molar-refractivity contribution in [2.45, 2.75) is 73.0 Å². The monoisotopic (exact) mass is 245 g/mol. The van der Waals surface area contributed by atoms with Crippen molar-refractivity contribution in [1.82, 2.24) is 4.90 Å². The van der Waals surface area contributed by atoms with Gasteiger partial charge in [0.2, 0.25) is 0 Å². The van der Waals surface area contributed by atoms with Gasteiger partial charge in [0.25, 0.3) is 0 Å². The molecule has 0 aromatic heterocycles. The molecule has 0 aromatic carbocycles. The van der Waals surface area contributed by atoms with E-state index in [0.717, 1.165) is 25.9 Å². The average Bonchev–Trinajstić information content (AvgIpc) is 2.33. The van der Waals surface area contributed by atoms with Gasteiger partial charge in [0.15, 0.2) is 0 Å². The first-order valence-electron chi connectivity index (χ1n) is 6.89. The van der Waals surface area contributed by atoms with Gasteiger partial charge in [0, 0.05) is 13.1 Å². The topological polar surface area (TPSA) is 40.5 Å². The first kappa shape index (κ1) is 18.9. The van der Waals surface area contributed by atoms with Gasteiger partial charge in [-0.1, -0.05) is 27.7 Å². The first-order chi connectivity index (χ1) is 7.92. The van der Waals surface area contributed by atoms with Crippen molar-refractivity contribution >= 4 is 5.78 Å².